The summed E-state index contributed by atoms with van der Waals surface area (Å²) in [5, 5.41) is 2.86. The highest BCUT2D eigenvalue weighted by atomic mass is 32.2. The largest absolute Gasteiger partial charge is 0.351 e. The van der Waals surface area contributed by atoms with Crippen LogP contribution in [0.2, 0.25) is 0 Å². The van der Waals surface area contributed by atoms with Crippen LogP contribution in [0.3, 0.4) is 0 Å². The van der Waals surface area contributed by atoms with Crippen molar-refractivity contribution in [3.63, 3.8) is 0 Å². The number of aryl methyl sites for hydroxylation is 2. The quantitative estimate of drug-likeness (QED) is 0.761. The molecular weight excluding hydrogens is 286 g/mol. The molecule has 2 aromatic heterocycles. The molecule has 21 heavy (non-hydrogen) atoms. The van der Waals surface area contributed by atoms with Crippen molar-refractivity contribution in [2.45, 2.75) is 26.0 Å². The number of H-pyrrole nitrogens is 1. The van der Waals surface area contributed by atoms with Crippen molar-refractivity contribution >= 4 is 17.7 Å². The molecule has 7 heteroatoms. The molecule has 0 atom stereocenters. The van der Waals surface area contributed by atoms with Crippen molar-refractivity contribution in [2.75, 3.05) is 12.3 Å². The van der Waals surface area contributed by atoms with Crippen LogP contribution in [0.4, 0.5) is 0 Å². The van der Waals surface area contributed by atoms with Gasteiger partial charge in [0.15, 0.2) is 0 Å². The molecule has 0 unspecified atom stereocenters. The molecule has 1 amide bonds. The zero-order valence-corrected chi connectivity index (χ0v) is 13.0. The maximum Gasteiger partial charge on any atom is 0.254 e. The van der Waals surface area contributed by atoms with Gasteiger partial charge >= 0.3 is 0 Å². The second-order valence-corrected chi connectivity index (χ2v) is 5.63. The summed E-state index contributed by atoms with van der Waals surface area (Å²) >= 11 is 1.74. The first kappa shape index (κ1) is 15.5. The fourth-order valence-electron chi connectivity index (χ4n) is 1.69. The van der Waals surface area contributed by atoms with E-state index in [-0.39, 0.29) is 5.91 Å². The van der Waals surface area contributed by atoms with Crippen LogP contribution in [0, 0.1) is 6.92 Å². The van der Waals surface area contributed by atoms with E-state index in [0.29, 0.717) is 12.1 Å². The molecule has 0 saturated carbocycles. The van der Waals surface area contributed by atoms with Crippen molar-refractivity contribution in [1.29, 1.82) is 0 Å². The van der Waals surface area contributed by atoms with E-state index in [2.05, 4.69) is 25.3 Å². The van der Waals surface area contributed by atoms with Crippen molar-refractivity contribution in [3.8, 4) is 0 Å². The van der Waals surface area contributed by atoms with E-state index in [1.165, 1.54) is 0 Å². The zero-order valence-electron chi connectivity index (χ0n) is 12.2. The maximum absolute atomic E-state index is 11.9. The van der Waals surface area contributed by atoms with Crippen molar-refractivity contribution in [2.24, 2.45) is 0 Å². The highest BCUT2D eigenvalue weighted by molar-refractivity contribution is 7.98. The van der Waals surface area contributed by atoms with Gasteiger partial charge in [-0.15, -0.1) is 0 Å². The zero-order chi connectivity index (χ0) is 15.1. The molecule has 0 saturated heterocycles. The van der Waals surface area contributed by atoms with Crippen LogP contribution in [-0.2, 0) is 12.2 Å². The van der Waals surface area contributed by atoms with Gasteiger partial charge in [0.2, 0.25) is 0 Å². The molecule has 6 nitrogen and oxygen atoms in total. The minimum absolute atomic E-state index is 0.130. The van der Waals surface area contributed by atoms with E-state index in [4.69, 9.17) is 0 Å². The molecule has 0 aliphatic rings. The van der Waals surface area contributed by atoms with Gasteiger partial charge in [-0.2, -0.15) is 11.8 Å². The summed E-state index contributed by atoms with van der Waals surface area (Å²) in [7, 11) is 0. The number of thioether (sulfide) groups is 1. The molecule has 0 fully saturated rings. The predicted octanol–water partition coefficient (Wildman–Crippen LogP) is 1.73. The lowest BCUT2D eigenvalue weighted by Crippen LogP contribution is -2.26. The second kappa shape index (κ2) is 7.78. The van der Waals surface area contributed by atoms with Crippen molar-refractivity contribution in [1.82, 2.24) is 25.3 Å². The van der Waals surface area contributed by atoms with E-state index in [1.807, 2.05) is 13.8 Å². The second-order valence-electron chi connectivity index (χ2n) is 4.52. The Bertz CT molecular complexity index is 581. The number of aromatic nitrogens is 4. The molecule has 2 aromatic rings. The lowest BCUT2D eigenvalue weighted by molar-refractivity contribution is 0.0955. The molecule has 112 valence electrons. The van der Waals surface area contributed by atoms with E-state index < -0.39 is 0 Å². The van der Waals surface area contributed by atoms with Crippen LogP contribution >= 0.6 is 11.8 Å². The molecule has 0 aliphatic heterocycles. The molecule has 2 N–H and O–H groups in total. The maximum atomic E-state index is 11.9. The monoisotopic (exact) mass is 305 g/mol. The van der Waals surface area contributed by atoms with Crippen LogP contribution < -0.4 is 5.32 Å². The van der Waals surface area contributed by atoms with Gasteiger partial charge in [0, 0.05) is 42.6 Å². The van der Waals surface area contributed by atoms with Crippen molar-refractivity contribution in [3.05, 3.63) is 41.5 Å². The summed E-state index contributed by atoms with van der Waals surface area (Å²) in [4.78, 5) is 27.4. The molecule has 0 bridgehead atoms. The first-order chi connectivity index (χ1) is 10.2. The van der Waals surface area contributed by atoms with Crippen LogP contribution in [0.25, 0.3) is 0 Å². The Morgan fingerprint density at radius 2 is 2.10 bits per heavy atom. The molecule has 0 aromatic carbocycles. The molecule has 0 radical (unpaired) electrons. The first-order valence-electron chi connectivity index (χ1n) is 6.86. The molecule has 2 heterocycles. The third-order valence-corrected chi connectivity index (χ3v) is 3.96. The Balaban J connectivity index is 1.68. The highest BCUT2D eigenvalue weighted by Gasteiger charge is 2.06. The smallest absolute Gasteiger partial charge is 0.254 e. The third kappa shape index (κ3) is 4.56. The van der Waals surface area contributed by atoms with Gasteiger partial charge in [0.05, 0.1) is 17.6 Å². The number of carbonyl (C=O) groups is 1. The standard InChI is InChI=1S/C14H19N5OS/c1-3-13-16-6-11(7-17-13)14(20)15-4-5-21-8-12-10(2)18-9-19-12/h6-7,9H,3-5,8H2,1-2H3,(H,15,20)(H,18,19). The number of nitrogens with one attached hydrogen (secondary N) is 2. The molecule has 0 aliphatic carbocycles. The summed E-state index contributed by atoms with van der Waals surface area (Å²) in [5.41, 5.74) is 2.66. The minimum atomic E-state index is -0.130. The predicted molar refractivity (Wildman–Crippen MR) is 83.2 cm³/mol. The Kier molecular flexibility index (Phi) is 5.74. The summed E-state index contributed by atoms with van der Waals surface area (Å²) in [6, 6.07) is 0. The first-order valence-corrected chi connectivity index (χ1v) is 8.02. The van der Waals surface area contributed by atoms with Gasteiger partial charge < -0.3 is 10.3 Å². The number of amides is 1. The SMILES string of the molecule is CCc1ncc(C(=O)NCCSCc2nc[nH]c2C)cn1. The topological polar surface area (TPSA) is 83.6 Å². The number of rotatable bonds is 7. The molecule has 2 rings (SSSR count). The Morgan fingerprint density at radius 1 is 1.33 bits per heavy atom. The van der Waals surface area contributed by atoms with E-state index in [9.17, 15) is 4.79 Å². The number of nitrogens with zero attached hydrogens (tertiary/aromatic N) is 3. The van der Waals surface area contributed by atoms with Crippen LogP contribution in [0.15, 0.2) is 18.7 Å². The normalized spacial score (nSPS) is 10.6. The Morgan fingerprint density at radius 3 is 2.71 bits per heavy atom. The van der Waals surface area contributed by atoms with Crippen LogP contribution in [-0.4, -0.2) is 38.1 Å². The highest BCUT2D eigenvalue weighted by Crippen LogP contribution is 2.11. The summed E-state index contributed by atoms with van der Waals surface area (Å²) < 4.78 is 0. The lowest BCUT2D eigenvalue weighted by atomic mass is 10.3. The fraction of sp³-hybridized carbons (Fsp3) is 0.429. The third-order valence-electron chi connectivity index (χ3n) is 2.99. The van der Waals surface area contributed by atoms with Crippen LogP contribution in [0.5, 0.6) is 0 Å². The lowest BCUT2D eigenvalue weighted by Gasteiger charge is -2.05. The Hall–Kier alpha value is -1.89. The van der Waals surface area contributed by atoms with Gasteiger partial charge in [-0.25, -0.2) is 15.0 Å². The van der Waals surface area contributed by atoms with Gasteiger partial charge in [-0.3, -0.25) is 4.79 Å². The fourth-order valence-corrected chi connectivity index (χ4v) is 2.57. The average Bonchev–Trinajstić information content (AvgIpc) is 2.92. The number of hydrogen-bond acceptors (Lipinski definition) is 5. The van der Waals surface area contributed by atoms with Gasteiger partial charge in [-0.1, -0.05) is 6.92 Å². The molecule has 0 spiro atoms. The number of hydrogen-bond donors (Lipinski definition) is 2. The van der Waals surface area contributed by atoms with Gasteiger partial charge in [0.1, 0.15) is 5.82 Å². The summed E-state index contributed by atoms with van der Waals surface area (Å²) in [6.07, 6.45) is 5.61. The van der Waals surface area contributed by atoms with Gasteiger partial charge in [0.25, 0.3) is 5.91 Å². The minimum Gasteiger partial charge on any atom is -0.351 e. The number of imidazole rings is 1. The Labute approximate surface area is 128 Å². The summed E-state index contributed by atoms with van der Waals surface area (Å²) in [5.74, 6) is 2.30. The molecular formula is C14H19N5OS. The summed E-state index contributed by atoms with van der Waals surface area (Å²) in [6.45, 7) is 4.60. The van der Waals surface area contributed by atoms with E-state index in [1.54, 1.807) is 30.5 Å². The van der Waals surface area contributed by atoms with Crippen molar-refractivity contribution < 1.29 is 4.79 Å². The average molecular weight is 305 g/mol. The van der Waals surface area contributed by atoms with E-state index >= 15 is 0 Å². The number of aromatic amines is 1. The van der Waals surface area contributed by atoms with E-state index in [0.717, 1.165) is 35.1 Å². The number of carbonyl (C=O) groups excluding carboxylic acids is 1. The van der Waals surface area contributed by atoms with Crippen LogP contribution in [0.1, 0.15) is 34.5 Å². The van der Waals surface area contributed by atoms with Gasteiger partial charge in [-0.05, 0) is 6.92 Å².